The van der Waals surface area contributed by atoms with E-state index in [1.807, 2.05) is 0 Å². The van der Waals surface area contributed by atoms with Crippen LogP contribution in [-0.4, -0.2) is 31.9 Å². The highest BCUT2D eigenvalue weighted by atomic mass is 32.2. The van der Waals surface area contributed by atoms with Gasteiger partial charge in [-0.1, -0.05) is 50.7 Å². The number of rotatable bonds is 16. The first-order chi connectivity index (χ1) is 13.8. The third kappa shape index (κ3) is 14.5. The van der Waals surface area contributed by atoms with Gasteiger partial charge in [-0.25, -0.2) is 0 Å². The highest BCUT2D eigenvalue weighted by molar-refractivity contribution is 7.84. The molecule has 164 valence electrons. The first kappa shape index (κ1) is 24.9. The Balaban J connectivity index is 2.01. The molecular weight excluding hydrogens is 396 g/mol. The normalized spacial score (nSPS) is 11.2. The molecule has 0 saturated heterocycles. The molecule has 1 amide bonds. The smallest absolute Gasteiger partial charge is 0.380 e. The topological polar surface area (TPSA) is 136 Å². The summed E-state index contributed by atoms with van der Waals surface area (Å²) in [6, 6.07) is 6.50. The molecule has 0 heterocycles. The number of unbranched alkanes of at least 4 members (excludes halogenated alkanes) is 7. The van der Waals surface area contributed by atoms with Crippen molar-refractivity contribution in [3.8, 4) is 5.75 Å². The Morgan fingerprint density at radius 2 is 1.41 bits per heavy atom. The van der Waals surface area contributed by atoms with Crippen LogP contribution < -0.4 is 14.6 Å². The highest BCUT2D eigenvalue weighted by Crippen LogP contribution is 2.14. The third-order valence-corrected chi connectivity index (χ3v) is 4.84. The summed E-state index contributed by atoms with van der Waals surface area (Å²) in [5.74, 6) is -0.538. The van der Waals surface area contributed by atoms with E-state index in [1.165, 1.54) is 12.1 Å². The van der Waals surface area contributed by atoms with Gasteiger partial charge in [0.25, 0.3) is 0 Å². The molecule has 0 bridgehead atoms. The molecule has 0 atom stereocenters. The van der Waals surface area contributed by atoms with Gasteiger partial charge in [0.05, 0.1) is 0 Å². The minimum absolute atomic E-state index is 0.0350. The van der Waals surface area contributed by atoms with E-state index in [1.54, 1.807) is 12.1 Å². The Labute approximate surface area is 173 Å². The van der Waals surface area contributed by atoms with Gasteiger partial charge in [-0.2, -0.15) is 13.6 Å². The molecule has 1 aromatic carbocycles. The van der Waals surface area contributed by atoms with Crippen molar-refractivity contribution in [3.05, 3.63) is 29.8 Å². The number of nitrogens with two attached hydrogens (primary N) is 1. The lowest BCUT2D eigenvalue weighted by Crippen LogP contribution is -2.25. The van der Waals surface area contributed by atoms with E-state index in [0.717, 1.165) is 56.9 Å². The number of carboxylic acid groups (broad SMARTS) is 1. The van der Waals surface area contributed by atoms with E-state index >= 15 is 0 Å². The Morgan fingerprint density at radius 3 is 1.93 bits per heavy atom. The van der Waals surface area contributed by atoms with Gasteiger partial charge < -0.3 is 14.6 Å². The SMILES string of the molecule is NS(=O)(=O)Oc1ccc(CCNC(=O)CCCCCCCCCCC(=O)O)cc1. The van der Waals surface area contributed by atoms with Gasteiger partial charge in [0.2, 0.25) is 5.91 Å². The number of hydrogen-bond donors (Lipinski definition) is 3. The molecule has 0 spiro atoms. The van der Waals surface area contributed by atoms with Crippen molar-refractivity contribution >= 4 is 22.2 Å². The summed E-state index contributed by atoms with van der Waals surface area (Å²) in [5.41, 5.74) is 0.954. The molecular formula is C20H32N2O6S. The van der Waals surface area contributed by atoms with Gasteiger partial charge in [0.1, 0.15) is 5.75 Å². The highest BCUT2D eigenvalue weighted by Gasteiger charge is 2.05. The first-order valence-corrected chi connectivity index (χ1v) is 11.5. The van der Waals surface area contributed by atoms with E-state index in [2.05, 4.69) is 9.50 Å². The first-order valence-electron chi connectivity index (χ1n) is 10.1. The number of benzene rings is 1. The fourth-order valence-corrected chi connectivity index (χ4v) is 3.28. The number of carbonyl (C=O) groups is 2. The second-order valence-corrected chi connectivity index (χ2v) is 8.19. The van der Waals surface area contributed by atoms with Crippen molar-refractivity contribution in [2.24, 2.45) is 5.14 Å². The standard InChI is InChI=1S/C20H32N2O6S/c21-29(26,27)28-18-13-11-17(12-14-18)15-16-22-19(23)9-7-5-3-1-2-4-6-8-10-20(24)25/h11-14H,1-10,15-16H2,(H,22,23)(H,24,25)(H2,21,26,27). The van der Waals surface area contributed by atoms with Crippen LogP contribution in [0.25, 0.3) is 0 Å². The second kappa shape index (κ2) is 13.9. The lowest BCUT2D eigenvalue weighted by atomic mass is 10.1. The average molecular weight is 429 g/mol. The maximum atomic E-state index is 11.8. The molecule has 29 heavy (non-hydrogen) atoms. The fourth-order valence-electron chi connectivity index (χ4n) is 2.90. The Bertz CT molecular complexity index is 719. The maximum absolute atomic E-state index is 11.8. The van der Waals surface area contributed by atoms with Crippen molar-refractivity contribution in [3.63, 3.8) is 0 Å². The van der Waals surface area contributed by atoms with Crippen LogP contribution in [0, 0.1) is 0 Å². The summed E-state index contributed by atoms with van der Waals surface area (Å²) in [6.45, 7) is 0.518. The van der Waals surface area contributed by atoms with E-state index in [4.69, 9.17) is 10.2 Å². The van der Waals surface area contributed by atoms with Crippen LogP contribution in [0.5, 0.6) is 5.75 Å². The van der Waals surface area contributed by atoms with Crippen molar-refractivity contribution in [2.45, 2.75) is 70.6 Å². The van der Waals surface area contributed by atoms with Crippen LogP contribution in [0.4, 0.5) is 0 Å². The van der Waals surface area contributed by atoms with E-state index in [-0.39, 0.29) is 18.1 Å². The van der Waals surface area contributed by atoms with E-state index in [0.29, 0.717) is 19.4 Å². The van der Waals surface area contributed by atoms with Crippen LogP contribution in [0.15, 0.2) is 24.3 Å². The van der Waals surface area contributed by atoms with Crippen molar-refractivity contribution in [1.82, 2.24) is 5.32 Å². The summed E-state index contributed by atoms with van der Waals surface area (Å²) in [4.78, 5) is 22.2. The number of carboxylic acids is 1. The summed E-state index contributed by atoms with van der Waals surface area (Å²) in [6.07, 6.45) is 9.43. The molecule has 0 aliphatic carbocycles. The average Bonchev–Trinajstić information content (AvgIpc) is 2.63. The number of amides is 1. The second-order valence-electron chi connectivity index (χ2n) is 7.04. The predicted octanol–water partition coefficient (Wildman–Crippen LogP) is 2.91. The molecule has 1 rings (SSSR count). The molecule has 9 heteroatoms. The van der Waals surface area contributed by atoms with Crippen molar-refractivity contribution in [2.75, 3.05) is 6.54 Å². The van der Waals surface area contributed by atoms with Gasteiger partial charge >= 0.3 is 16.3 Å². The van der Waals surface area contributed by atoms with Gasteiger partial charge in [-0.3, -0.25) is 9.59 Å². The zero-order valence-electron chi connectivity index (χ0n) is 16.8. The minimum atomic E-state index is -4.02. The summed E-state index contributed by atoms with van der Waals surface area (Å²) in [5, 5.41) is 16.2. The van der Waals surface area contributed by atoms with Gasteiger partial charge in [0.15, 0.2) is 0 Å². The van der Waals surface area contributed by atoms with Crippen LogP contribution >= 0.6 is 0 Å². The predicted molar refractivity (Wildman–Crippen MR) is 111 cm³/mol. The van der Waals surface area contributed by atoms with Crippen LogP contribution in [0.2, 0.25) is 0 Å². The lowest BCUT2D eigenvalue weighted by molar-refractivity contribution is -0.137. The monoisotopic (exact) mass is 428 g/mol. The van der Waals surface area contributed by atoms with Crippen molar-refractivity contribution < 1.29 is 27.3 Å². The Morgan fingerprint density at radius 1 is 0.897 bits per heavy atom. The third-order valence-electron chi connectivity index (χ3n) is 4.42. The van der Waals surface area contributed by atoms with E-state index < -0.39 is 16.3 Å². The molecule has 4 N–H and O–H groups in total. The molecule has 1 aromatic rings. The fraction of sp³-hybridized carbons (Fsp3) is 0.600. The van der Waals surface area contributed by atoms with Crippen molar-refractivity contribution in [1.29, 1.82) is 0 Å². The quantitative estimate of drug-likeness (QED) is 0.346. The summed E-state index contributed by atoms with van der Waals surface area (Å²) in [7, 11) is -4.02. The number of hydrogen-bond acceptors (Lipinski definition) is 5. The lowest BCUT2D eigenvalue weighted by Gasteiger charge is -2.07. The van der Waals surface area contributed by atoms with Crippen LogP contribution in [-0.2, 0) is 26.3 Å². The van der Waals surface area contributed by atoms with Gasteiger partial charge in [-0.05, 0) is 37.0 Å². The zero-order chi connectivity index (χ0) is 21.5. The Hall–Kier alpha value is -2.13. The number of nitrogens with one attached hydrogen (secondary N) is 1. The largest absolute Gasteiger partial charge is 0.481 e. The molecule has 0 radical (unpaired) electrons. The number of carbonyl (C=O) groups excluding carboxylic acids is 1. The summed E-state index contributed by atoms with van der Waals surface area (Å²) < 4.78 is 26.2. The van der Waals surface area contributed by atoms with E-state index in [9.17, 15) is 18.0 Å². The molecule has 0 fully saturated rings. The molecule has 0 aliphatic rings. The molecule has 0 aromatic heterocycles. The molecule has 0 aliphatic heterocycles. The number of aliphatic carboxylic acids is 1. The van der Waals surface area contributed by atoms with Gasteiger partial charge in [0, 0.05) is 19.4 Å². The van der Waals surface area contributed by atoms with Crippen LogP contribution in [0.3, 0.4) is 0 Å². The molecule has 8 nitrogen and oxygen atoms in total. The van der Waals surface area contributed by atoms with Gasteiger partial charge in [-0.15, -0.1) is 0 Å². The maximum Gasteiger partial charge on any atom is 0.380 e. The summed E-state index contributed by atoms with van der Waals surface area (Å²) >= 11 is 0. The zero-order valence-corrected chi connectivity index (χ0v) is 17.6. The molecule has 0 saturated carbocycles. The van der Waals surface area contributed by atoms with Crippen LogP contribution in [0.1, 0.15) is 69.8 Å². The molecule has 0 unspecified atom stereocenters. The minimum Gasteiger partial charge on any atom is -0.481 e. The Kier molecular flexibility index (Phi) is 12.0.